The van der Waals surface area contributed by atoms with Crippen molar-refractivity contribution in [2.24, 2.45) is 0 Å². The van der Waals surface area contributed by atoms with Crippen molar-refractivity contribution in [1.82, 2.24) is 29.7 Å². The summed E-state index contributed by atoms with van der Waals surface area (Å²) in [5.74, 6) is 0.117. The second-order valence-corrected chi connectivity index (χ2v) is 6.77. The van der Waals surface area contributed by atoms with Crippen LogP contribution >= 0.6 is 0 Å². The van der Waals surface area contributed by atoms with Crippen LogP contribution in [-0.2, 0) is 11.3 Å². The van der Waals surface area contributed by atoms with E-state index < -0.39 is 0 Å². The number of aromatic nitrogens is 5. The lowest BCUT2D eigenvalue weighted by Gasteiger charge is -2.31. The van der Waals surface area contributed by atoms with Gasteiger partial charge in [0.05, 0.1) is 12.2 Å². The van der Waals surface area contributed by atoms with E-state index in [9.17, 15) is 4.79 Å². The molecule has 1 saturated heterocycles. The first-order valence-corrected chi connectivity index (χ1v) is 8.93. The van der Waals surface area contributed by atoms with E-state index in [-0.39, 0.29) is 11.9 Å². The minimum absolute atomic E-state index is 0.117. The molecule has 0 bridgehead atoms. The Labute approximate surface area is 152 Å². The zero-order valence-corrected chi connectivity index (χ0v) is 14.8. The molecule has 2 aromatic heterocycles. The zero-order chi connectivity index (χ0) is 17.9. The van der Waals surface area contributed by atoms with Crippen LogP contribution in [0, 0.1) is 6.92 Å². The number of rotatable bonds is 4. The normalized spacial score (nSPS) is 15.3. The summed E-state index contributed by atoms with van der Waals surface area (Å²) < 4.78 is 3.62. The maximum atomic E-state index is 12.4. The van der Waals surface area contributed by atoms with E-state index in [1.165, 1.54) is 5.56 Å². The van der Waals surface area contributed by atoms with Crippen LogP contribution in [0.2, 0.25) is 0 Å². The fourth-order valence-corrected chi connectivity index (χ4v) is 3.32. The molecular formula is C19H22N6O. The number of carbonyl (C=O) groups excluding carboxylic acids is 1. The zero-order valence-electron chi connectivity index (χ0n) is 14.8. The third-order valence-corrected chi connectivity index (χ3v) is 4.91. The monoisotopic (exact) mass is 350 g/mol. The number of piperidine rings is 1. The SMILES string of the molecule is Cc1ccc(-c2cn(C3CCN(C(=O)Cn4cccn4)CC3)nn2)cc1. The molecule has 1 aliphatic heterocycles. The molecule has 0 N–H and O–H groups in total. The Hall–Kier alpha value is -2.96. The average Bonchev–Trinajstić information content (AvgIpc) is 3.34. The highest BCUT2D eigenvalue weighted by atomic mass is 16.2. The van der Waals surface area contributed by atoms with Crippen LogP contribution in [0.15, 0.2) is 48.9 Å². The Balaban J connectivity index is 1.36. The summed E-state index contributed by atoms with van der Waals surface area (Å²) in [6.07, 6.45) is 7.29. The van der Waals surface area contributed by atoms with Crippen molar-refractivity contribution in [3.63, 3.8) is 0 Å². The van der Waals surface area contributed by atoms with Crippen molar-refractivity contribution >= 4 is 5.91 Å². The number of aryl methyl sites for hydroxylation is 1. The van der Waals surface area contributed by atoms with Crippen molar-refractivity contribution in [2.75, 3.05) is 13.1 Å². The summed E-state index contributed by atoms with van der Waals surface area (Å²) in [5.41, 5.74) is 3.20. The van der Waals surface area contributed by atoms with Gasteiger partial charge >= 0.3 is 0 Å². The number of carbonyl (C=O) groups is 1. The number of hydrogen-bond acceptors (Lipinski definition) is 4. The summed E-state index contributed by atoms with van der Waals surface area (Å²) in [6, 6.07) is 10.4. The third-order valence-electron chi connectivity index (χ3n) is 4.91. The van der Waals surface area contributed by atoms with Crippen molar-refractivity contribution < 1.29 is 4.79 Å². The van der Waals surface area contributed by atoms with Crippen LogP contribution in [0.1, 0.15) is 24.4 Å². The predicted octanol–water partition coefficient (Wildman–Crippen LogP) is 2.31. The quantitative estimate of drug-likeness (QED) is 0.724. The molecule has 0 radical (unpaired) electrons. The van der Waals surface area contributed by atoms with Crippen LogP contribution in [0.4, 0.5) is 0 Å². The summed E-state index contributed by atoms with van der Waals surface area (Å²) in [5, 5.41) is 12.7. The van der Waals surface area contributed by atoms with Gasteiger partial charge < -0.3 is 4.90 Å². The molecule has 0 atom stereocenters. The van der Waals surface area contributed by atoms with Crippen LogP contribution in [0.3, 0.4) is 0 Å². The number of nitrogens with zero attached hydrogens (tertiary/aromatic N) is 6. The maximum Gasteiger partial charge on any atom is 0.244 e. The van der Waals surface area contributed by atoms with E-state index in [2.05, 4.69) is 46.6 Å². The van der Waals surface area contributed by atoms with E-state index in [4.69, 9.17) is 0 Å². The molecule has 7 heteroatoms. The number of benzene rings is 1. The molecule has 0 saturated carbocycles. The Morgan fingerprint density at radius 1 is 1.19 bits per heavy atom. The maximum absolute atomic E-state index is 12.4. The van der Waals surface area contributed by atoms with E-state index in [1.54, 1.807) is 10.9 Å². The number of amides is 1. The van der Waals surface area contributed by atoms with Gasteiger partial charge in [-0.05, 0) is 25.8 Å². The average molecular weight is 350 g/mol. The molecule has 0 unspecified atom stereocenters. The summed E-state index contributed by atoms with van der Waals surface area (Å²) in [4.78, 5) is 14.3. The Morgan fingerprint density at radius 3 is 2.65 bits per heavy atom. The number of hydrogen-bond donors (Lipinski definition) is 0. The van der Waals surface area contributed by atoms with Crippen molar-refractivity contribution in [3.05, 3.63) is 54.5 Å². The van der Waals surface area contributed by atoms with Crippen molar-refractivity contribution in [2.45, 2.75) is 32.4 Å². The molecular weight excluding hydrogens is 328 g/mol. The van der Waals surface area contributed by atoms with E-state index >= 15 is 0 Å². The molecule has 134 valence electrons. The summed E-state index contributed by atoms with van der Waals surface area (Å²) in [7, 11) is 0. The van der Waals surface area contributed by atoms with Gasteiger partial charge in [-0.2, -0.15) is 5.10 Å². The molecule has 1 aromatic carbocycles. The van der Waals surface area contributed by atoms with Gasteiger partial charge in [0.2, 0.25) is 5.91 Å². The standard InChI is InChI=1S/C19H22N6O/c1-15-3-5-16(6-4-15)18-13-25(22-21-18)17-7-11-23(12-8-17)19(26)14-24-10-2-9-20-24/h2-6,9-10,13,17H,7-8,11-12,14H2,1H3. The minimum atomic E-state index is 0.117. The number of likely N-dealkylation sites (tertiary alicyclic amines) is 1. The van der Waals surface area contributed by atoms with Gasteiger partial charge in [0.1, 0.15) is 12.2 Å². The molecule has 0 spiro atoms. The van der Waals surface area contributed by atoms with Crippen LogP contribution in [0.25, 0.3) is 11.3 Å². The van der Waals surface area contributed by atoms with Gasteiger partial charge in [-0.1, -0.05) is 35.0 Å². The Bertz CT molecular complexity index is 860. The van der Waals surface area contributed by atoms with Crippen LogP contribution in [0.5, 0.6) is 0 Å². The minimum Gasteiger partial charge on any atom is -0.341 e. The molecule has 7 nitrogen and oxygen atoms in total. The van der Waals surface area contributed by atoms with Crippen molar-refractivity contribution in [1.29, 1.82) is 0 Å². The van der Waals surface area contributed by atoms with Gasteiger partial charge in [-0.15, -0.1) is 5.10 Å². The van der Waals surface area contributed by atoms with Gasteiger partial charge in [-0.3, -0.25) is 9.48 Å². The molecule has 4 rings (SSSR count). The lowest BCUT2D eigenvalue weighted by molar-refractivity contribution is -0.133. The highest BCUT2D eigenvalue weighted by molar-refractivity contribution is 5.76. The first-order chi connectivity index (χ1) is 12.7. The summed E-state index contributed by atoms with van der Waals surface area (Å²) in [6.45, 7) is 3.86. The lowest BCUT2D eigenvalue weighted by Crippen LogP contribution is -2.40. The Morgan fingerprint density at radius 2 is 1.96 bits per heavy atom. The van der Waals surface area contributed by atoms with Crippen LogP contribution in [-0.4, -0.2) is 48.7 Å². The van der Waals surface area contributed by atoms with E-state index in [1.807, 2.05) is 28.0 Å². The van der Waals surface area contributed by atoms with Gasteiger partial charge in [0, 0.05) is 31.0 Å². The van der Waals surface area contributed by atoms with Gasteiger partial charge in [-0.25, -0.2) is 4.68 Å². The molecule has 3 heterocycles. The van der Waals surface area contributed by atoms with Crippen molar-refractivity contribution in [3.8, 4) is 11.3 Å². The molecule has 1 aliphatic rings. The van der Waals surface area contributed by atoms with Gasteiger partial charge in [0.25, 0.3) is 0 Å². The van der Waals surface area contributed by atoms with E-state index in [0.29, 0.717) is 6.54 Å². The molecule has 0 aliphatic carbocycles. The first kappa shape index (κ1) is 16.5. The second kappa shape index (κ2) is 7.11. The molecule has 1 amide bonds. The highest BCUT2D eigenvalue weighted by Crippen LogP contribution is 2.24. The first-order valence-electron chi connectivity index (χ1n) is 8.93. The molecule has 26 heavy (non-hydrogen) atoms. The molecule has 1 fully saturated rings. The largest absolute Gasteiger partial charge is 0.341 e. The smallest absolute Gasteiger partial charge is 0.244 e. The summed E-state index contributed by atoms with van der Waals surface area (Å²) >= 11 is 0. The second-order valence-electron chi connectivity index (χ2n) is 6.77. The Kier molecular flexibility index (Phi) is 4.51. The van der Waals surface area contributed by atoms with E-state index in [0.717, 1.165) is 37.2 Å². The topological polar surface area (TPSA) is 68.8 Å². The lowest BCUT2D eigenvalue weighted by atomic mass is 10.1. The third kappa shape index (κ3) is 3.51. The van der Waals surface area contributed by atoms with Crippen LogP contribution < -0.4 is 0 Å². The van der Waals surface area contributed by atoms with Gasteiger partial charge in [0.15, 0.2) is 0 Å². The molecule has 3 aromatic rings. The highest BCUT2D eigenvalue weighted by Gasteiger charge is 2.25. The fraction of sp³-hybridized carbons (Fsp3) is 0.368. The predicted molar refractivity (Wildman–Crippen MR) is 97.3 cm³/mol. The fourth-order valence-electron chi connectivity index (χ4n) is 3.32.